The molecule has 1 aliphatic heterocycles. The van der Waals surface area contributed by atoms with E-state index < -0.39 is 10.0 Å². The molecule has 0 radical (unpaired) electrons. The van der Waals surface area contributed by atoms with Crippen LogP contribution in [0.4, 0.5) is 0 Å². The van der Waals surface area contributed by atoms with Crippen LogP contribution < -0.4 is 4.74 Å². The van der Waals surface area contributed by atoms with Crippen molar-refractivity contribution in [1.82, 2.24) is 9.21 Å². The molecule has 0 saturated carbocycles. The second-order valence-corrected chi connectivity index (χ2v) is 6.55. The lowest BCUT2D eigenvalue weighted by Gasteiger charge is -2.33. The van der Waals surface area contributed by atoms with Gasteiger partial charge in [0.2, 0.25) is 15.9 Å². The molecule has 0 aliphatic carbocycles. The van der Waals surface area contributed by atoms with Crippen molar-refractivity contribution in [2.75, 3.05) is 33.3 Å². The van der Waals surface area contributed by atoms with Gasteiger partial charge in [-0.3, -0.25) is 4.79 Å². The van der Waals surface area contributed by atoms with Crippen LogP contribution in [0, 0.1) is 0 Å². The fourth-order valence-corrected chi connectivity index (χ4v) is 3.60. The molecule has 0 spiro atoms. The Hall–Kier alpha value is -1.86. The second-order valence-electron chi connectivity index (χ2n) is 4.61. The first-order valence-electron chi connectivity index (χ1n) is 6.54. The Morgan fingerprint density at radius 2 is 1.76 bits per heavy atom. The molecule has 7 heteroatoms. The van der Waals surface area contributed by atoms with Crippen molar-refractivity contribution in [3.8, 4) is 5.75 Å². The van der Waals surface area contributed by atoms with Gasteiger partial charge in [-0.2, -0.15) is 4.31 Å². The number of carbonyl (C=O) groups is 1. The average Bonchev–Trinajstić information content (AvgIpc) is 2.54. The van der Waals surface area contributed by atoms with Crippen LogP contribution in [0.15, 0.2) is 41.8 Å². The minimum absolute atomic E-state index is 0.170. The Bertz CT molecular complexity index is 617. The Labute approximate surface area is 124 Å². The van der Waals surface area contributed by atoms with Gasteiger partial charge in [-0.1, -0.05) is 6.58 Å². The third-order valence-electron chi connectivity index (χ3n) is 3.42. The van der Waals surface area contributed by atoms with E-state index in [0.29, 0.717) is 18.8 Å². The Morgan fingerprint density at radius 3 is 2.24 bits per heavy atom. The summed E-state index contributed by atoms with van der Waals surface area (Å²) in [5, 5.41) is 0. The Kier molecular flexibility index (Phi) is 4.64. The van der Waals surface area contributed by atoms with Crippen LogP contribution in [-0.2, 0) is 14.8 Å². The molecule has 0 bridgehead atoms. The maximum absolute atomic E-state index is 12.5. The van der Waals surface area contributed by atoms with Gasteiger partial charge in [0.1, 0.15) is 5.75 Å². The zero-order chi connectivity index (χ0) is 15.5. The van der Waals surface area contributed by atoms with E-state index in [2.05, 4.69) is 6.58 Å². The van der Waals surface area contributed by atoms with Crippen LogP contribution >= 0.6 is 0 Å². The van der Waals surface area contributed by atoms with Gasteiger partial charge >= 0.3 is 0 Å². The SMILES string of the molecule is C=CC(=O)N1CCN(S(=O)(=O)c2ccc(OC)cc2)CC1. The van der Waals surface area contributed by atoms with E-state index in [4.69, 9.17) is 4.74 Å². The zero-order valence-electron chi connectivity index (χ0n) is 11.9. The smallest absolute Gasteiger partial charge is 0.246 e. The number of methoxy groups -OCH3 is 1. The molecule has 0 unspecified atom stereocenters. The summed E-state index contributed by atoms with van der Waals surface area (Å²) >= 11 is 0. The van der Waals surface area contributed by atoms with Crippen LogP contribution in [-0.4, -0.2) is 56.8 Å². The normalized spacial score (nSPS) is 16.5. The standard InChI is InChI=1S/C14H18N2O4S/c1-3-14(17)15-8-10-16(11-9-15)21(18,19)13-6-4-12(20-2)5-7-13/h3-7H,1,8-11H2,2H3. The van der Waals surface area contributed by atoms with Crippen LogP contribution in [0.2, 0.25) is 0 Å². The quantitative estimate of drug-likeness (QED) is 0.768. The third-order valence-corrected chi connectivity index (χ3v) is 5.34. The van der Waals surface area contributed by atoms with Crippen molar-refractivity contribution >= 4 is 15.9 Å². The van der Waals surface area contributed by atoms with E-state index in [0.717, 1.165) is 0 Å². The predicted molar refractivity (Wildman–Crippen MR) is 78.5 cm³/mol. The Balaban J connectivity index is 2.10. The van der Waals surface area contributed by atoms with E-state index in [1.165, 1.54) is 29.6 Å². The highest BCUT2D eigenvalue weighted by molar-refractivity contribution is 7.89. The van der Waals surface area contributed by atoms with Gasteiger partial charge in [-0.05, 0) is 30.3 Å². The lowest BCUT2D eigenvalue weighted by molar-refractivity contribution is -0.127. The first-order valence-corrected chi connectivity index (χ1v) is 7.98. The monoisotopic (exact) mass is 310 g/mol. The predicted octanol–water partition coefficient (Wildman–Crippen LogP) is 0.714. The van der Waals surface area contributed by atoms with Crippen LogP contribution in [0.1, 0.15) is 0 Å². The van der Waals surface area contributed by atoms with E-state index >= 15 is 0 Å². The van der Waals surface area contributed by atoms with Crippen molar-refractivity contribution in [3.05, 3.63) is 36.9 Å². The first kappa shape index (κ1) is 15.5. The molecule has 1 heterocycles. The van der Waals surface area contributed by atoms with Crippen LogP contribution in [0.3, 0.4) is 0 Å². The molecule has 1 aliphatic rings. The highest BCUT2D eigenvalue weighted by atomic mass is 32.2. The molecule has 21 heavy (non-hydrogen) atoms. The highest BCUT2D eigenvalue weighted by Crippen LogP contribution is 2.20. The molecule has 0 atom stereocenters. The highest BCUT2D eigenvalue weighted by Gasteiger charge is 2.29. The number of amides is 1. The lowest BCUT2D eigenvalue weighted by Crippen LogP contribution is -2.50. The minimum Gasteiger partial charge on any atom is -0.497 e. The van der Waals surface area contributed by atoms with E-state index in [1.807, 2.05) is 0 Å². The molecular formula is C14H18N2O4S. The summed E-state index contributed by atoms with van der Waals surface area (Å²) in [4.78, 5) is 13.3. The topological polar surface area (TPSA) is 66.9 Å². The number of carbonyl (C=O) groups excluding carboxylic acids is 1. The fourth-order valence-electron chi connectivity index (χ4n) is 2.17. The molecule has 114 valence electrons. The second kappa shape index (κ2) is 6.28. The molecular weight excluding hydrogens is 292 g/mol. The van der Waals surface area contributed by atoms with Crippen LogP contribution in [0.5, 0.6) is 5.75 Å². The number of piperazine rings is 1. The largest absolute Gasteiger partial charge is 0.497 e. The van der Waals surface area contributed by atoms with E-state index in [1.54, 1.807) is 17.0 Å². The van der Waals surface area contributed by atoms with Crippen molar-refractivity contribution in [3.63, 3.8) is 0 Å². The summed E-state index contributed by atoms with van der Waals surface area (Å²) in [5.74, 6) is 0.437. The number of nitrogens with zero attached hydrogens (tertiary/aromatic N) is 2. The average molecular weight is 310 g/mol. The molecule has 1 amide bonds. The molecule has 1 aromatic carbocycles. The Morgan fingerprint density at radius 1 is 1.19 bits per heavy atom. The molecule has 0 aromatic heterocycles. The van der Waals surface area contributed by atoms with E-state index in [-0.39, 0.29) is 23.9 Å². The lowest BCUT2D eigenvalue weighted by atomic mass is 10.3. The number of ether oxygens (including phenoxy) is 1. The number of hydrogen-bond donors (Lipinski definition) is 0. The van der Waals surface area contributed by atoms with Crippen molar-refractivity contribution in [1.29, 1.82) is 0 Å². The fraction of sp³-hybridized carbons (Fsp3) is 0.357. The summed E-state index contributed by atoms with van der Waals surface area (Å²) in [6, 6.07) is 6.28. The summed E-state index contributed by atoms with van der Waals surface area (Å²) < 4.78 is 31.4. The van der Waals surface area contributed by atoms with E-state index in [9.17, 15) is 13.2 Å². The molecule has 1 aromatic rings. The van der Waals surface area contributed by atoms with Crippen molar-refractivity contribution < 1.29 is 17.9 Å². The maximum Gasteiger partial charge on any atom is 0.246 e. The van der Waals surface area contributed by atoms with Gasteiger partial charge in [-0.25, -0.2) is 8.42 Å². The van der Waals surface area contributed by atoms with Crippen molar-refractivity contribution in [2.24, 2.45) is 0 Å². The number of benzene rings is 1. The third kappa shape index (κ3) is 3.25. The molecule has 1 fully saturated rings. The van der Waals surface area contributed by atoms with Gasteiger partial charge in [0.15, 0.2) is 0 Å². The van der Waals surface area contributed by atoms with Crippen LogP contribution in [0.25, 0.3) is 0 Å². The summed E-state index contributed by atoms with van der Waals surface area (Å²) in [6.45, 7) is 4.75. The summed E-state index contributed by atoms with van der Waals surface area (Å²) in [7, 11) is -2.00. The van der Waals surface area contributed by atoms with Gasteiger partial charge in [0, 0.05) is 26.2 Å². The van der Waals surface area contributed by atoms with Gasteiger partial charge < -0.3 is 9.64 Å². The number of rotatable bonds is 4. The number of sulfonamides is 1. The molecule has 0 N–H and O–H groups in total. The van der Waals surface area contributed by atoms with Gasteiger partial charge in [0.25, 0.3) is 0 Å². The molecule has 6 nitrogen and oxygen atoms in total. The maximum atomic E-state index is 12.5. The van der Waals surface area contributed by atoms with Gasteiger partial charge in [-0.15, -0.1) is 0 Å². The number of hydrogen-bond acceptors (Lipinski definition) is 4. The molecule has 1 saturated heterocycles. The summed E-state index contributed by atoms with van der Waals surface area (Å²) in [6.07, 6.45) is 1.24. The summed E-state index contributed by atoms with van der Waals surface area (Å²) in [5.41, 5.74) is 0. The zero-order valence-corrected chi connectivity index (χ0v) is 12.7. The minimum atomic E-state index is -3.53. The molecule has 2 rings (SSSR count). The first-order chi connectivity index (χ1) is 9.98. The van der Waals surface area contributed by atoms with Gasteiger partial charge in [0.05, 0.1) is 12.0 Å². The van der Waals surface area contributed by atoms with Crippen molar-refractivity contribution in [2.45, 2.75) is 4.90 Å².